The molecule has 2 aromatic rings. The van der Waals surface area contributed by atoms with Gasteiger partial charge in [-0.2, -0.15) is 0 Å². The molecule has 0 bridgehead atoms. The molecule has 0 aromatic heterocycles. The Morgan fingerprint density at radius 1 is 1.04 bits per heavy atom. The number of hydrogen-bond acceptors (Lipinski definition) is 8. The van der Waals surface area contributed by atoms with E-state index in [2.05, 4.69) is 0 Å². The molecule has 0 spiro atoms. The van der Waals surface area contributed by atoms with Gasteiger partial charge < -0.3 is 20.9 Å². The van der Waals surface area contributed by atoms with E-state index in [9.17, 15) is 24.6 Å². The molecule has 1 unspecified atom stereocenters. The summed E-state index contributed by atoms with van der Waals surface area (Å²) in [5, 5.41) is 20.6. The van der Waals surface area contributed by atoms with Crippen LogP contribution >= 0.6 is 0 Å². The number of rotatable bonds is 4. The first-order chi connectivity index (χ1) is 12.8. The number of benzene rings is 2. The van der Waals surface area contributed by atoms with Crippen molar-refractivity contribution in [2.75, 3.05) is 24.7 Å². The Balaban J connectivity index is 0.000000208. The highest BCUT2D eigenvalue weighted by Crippen LogP contribution is 2.28. The molecule has 0 aliphatic carbocycles. The monoisotopic (exact) mass is 380 g/mol. The van der Waals surface area contributed by atoms with E-state index in [4.69, 9.17) is 20.9 Å². The van der Waals surface area contributed by atoms with Crippen LogP contribution in [0.2, 0.25) is 0 Å². The van der Waals surface area contributed by atoms with Crippen molar-refractivity contribution >= 4 is 22.7 Å². The van der Waals surface area contributed by atoms with Crippen LogP contribution in [-0.2, 0) is 4.74 Å². The normalized spacial score (nSPS) is 15.5. The molecule has 1 aliphatic heterocycles. The van der Waals surface area contributed by atoms with Crippen LogP contribution in [-0.4, -0.2) is 29.2 Å². The lowest BCUT2D eigenvalue weighted by molar-refractivity contribution is -0.385. The minimum Gasteiger partial charge on any atom is -0.486 e. The second-order valence-electron chi connectivity index (χ2n) is 5.55. The molecular weight excluding hydrogens is 363 g/mol. The van der Waals surface area contributed by atoms with E-state index in [0.717, 1.165) is 24.6 Å². The summed E-state index contributed by atoms with van der Waals surface area (Å²) in [6.45, 7) is 1.22. The molecule has 10 nitrogen and oxygen atoms in total. The number of halogens is 1. The number of nitrogens with zero attached hydrogens (tertiary/aromatic N) is 2. The second-order valence-corrected chi connectivity index (χ2v) is 5.55. The third kappa shape index (κ3) is 5.51. The fourth-order valence-corrected chi connectivity index (χ4v) is 2.19. The zero-order chi connectivity index (χ0) is 20.0. The predicted octanol–water partition coefficient (Wildman–Crippen LogP) is 2.66. The molecule has 1 fully saturated rings. The van der Waals surface area contributed by atoms with E-state index >= 15 is 0 Å². The molecular formula is C16H17FN4O6. The van der Waals surface area contributed by atoms with Crippen molar-refractivity contribution in [3.63, 3.8) is 0 Å². The Bertz CT molecular complexity index is 842. The van der Waals surface area contributed by atoms with Gasteiger partial charge in [-0.3, -0.25) is 20.2 Å². The van der Waals surface area contributed by atoms with Gasteiger partial charge in [0.25, 0.3) is 11.4 Å². The zero-order valence-electron chi connectivity index (χ0n) is 14.0. The third-order valence-corrected chi connectivity index (χ3v) is 3.58. The topological polar surface area (TPSA) is 157 Å². The van der Waals surface area contributed by atoms with Crippen LogP contribution in [0.25, 0.3) is 0 Å². The molecule has 1 saturated heterocycles. The highest BCUT2D eigenvalue weighted by Gasteiger charge is 2.19. The average molecular weight is 380 g/mol. The molecule has 3 rings (SSSR count). The number of non-ortho nitro benzene ring substituents is 2. The van der Waals surface area contributed by atoms with Gasteiger partial charge in [-0.05, 0) is 12.1 Å². The molecule has 27 heavy (non-hydrogen) atoms. The Morgan fingerprint density at radius 3 is 2.11 bits per heavy atom. The largest absolute Gasteiger partial charge is 0.486 e. The van der Waals surface area contributed by atoms with Crippen LogP contribution < -0.4 is 16.2 Å². The van der Waals surface area contributed by atoms with Gasteiger partial charge in [-0.15, -0.1) is 0 Å². The van der Waals surface area contributed by atoms with E-state index in [1.165, 1.54) is 18.2 Å². The van der Waals surface area contributed by atoms with Gasteiger partial charge in [-0.1, -0.05) is 0 Å². The van der Waals surface area contributed by atoms with Crippen LogP contribution in [0.15, 0.2) is 36.4 Å². The lowest BCUT2D eigenvalue weighted by Crippen LogP contribution is -2.16. The van der Waals surface area contributed by atoms with Gasteiger partial charge in [-0.25, -0.2) is 4.39 Å². The van der Waals surface area contributed by atoms with E-state index in [-0.39, 0.29) is 28.9 Å². The SMILES string of the molecule is Nc1cc([N+](=O)[O-])ccc1F.Nc1cc([N+](=O)[O-])ccc1OC1CCOC1. The summed E-state index contributed by atoms with van der Waals surface area (Å²) >= 11 is 0. The molecule has 1 atom stereocenters. The smallest absolute Gasteiger partial charge is 0.271 e. The number of nitro benzene ring substituents is 2. The Hall–Kier alpha value is -3.47. The standard InChI is InChI=1S/C10H12N2O4.C6H5FN2O2/c11-9-5-7(12(13)14)1-2-10(9)16-8-3-4-15-6-8;7-5-2-1-4(9(10)11)3-6(5)8/h1-2,5,8H,3-4,6,11H2;1-3H,8H2. The number of nitrogen functional groups attached to an aromatic ring is 2. The molecule has 0 radical (unpaired) electrons. The Labute approximate surface area is 152 Å². The second kappa shape index (κ2) is 8.76. The van der Waals surface area contributed by atoms with E-state index in [1.54, 1.807) is 0 Å². The minimum absolute atomic E-state index is 0.0104. The number of nitrogens with two attached hydrogens (primary N) is 2. The van der Waals surface area contributed by atoms with Crippen molar-refractivity contribution in [2.45, 2.75) is 12.5 Å². The van der Waals surface area contributed by atoms with E-state index < -0.39 is 15.7 Å². The summed E-state index contributed by atoms with van der Waals surface area (Å²) in [5.41, 5.74) is 10.6. The fraction of sp³-hybridized carbons (Fsp3) is 0.250. The highest BCUT2D eigenvalue weighted by atomic mass is 19.1. The number of hydrogen-bond donors (Lipinski definition) is 2. The van der Waals surface area contributed by atoms with Gasteiger partial charge in [0.2, 0.25) is 0 Å². The number of anilines is 2. The predicted molar refractivity (Wildman–Crippen MR) is 94.8 cm³/mol. The molecule has 1 heterocycles. The lowest BCUT2D eigenvalue weighted by Gasteiger charge is -2.13. The molecule has 2 aromatic carbocycles. The number of ether oxygens (including phenoxy) is 2. The maximum Gasteiger partial charge on any atom is 0.271 e. The van der Waals surface area contributed by atoms with Crippen molar-refractivity contribution in [3.05, 3.63) is 62.4 Å². The van der Waals surface area contributed by atoms with Gasteiger partial charge in [0.15, 0.2) is 0 Å². The van der Waals surface area contributed by atoms with Crippen LogP contribution in [0.4, 0.5) is 27.1 Å². The van der Waals surface area contributed by atoms with Crippen molar-refractivity contribution < 1.29 is 23.7 Å². The fourth-order valence-electron chi connectivity index (χ4n) is 2.19. The van der Waals surface area contributed by atoms with Crippen molar-refractivity contribution in [2.24, 2.45) is 0 Å². The quantitative estimate of drug-likeness (QED) is 0.465. The van der Waals surface area contributed by atoms with E-state index in [1.807, 2.05) is 0 Å². The van der Waals surface area contributed by atoms with Crippen LogP contribution in [0.3, 0.4) is 0 Å². The van der Waals surface area contributed by atoms with Gasteiger partial charge >= 0.3 is 0 Å². The molecule has 1 aliphatic rings. The molecule has 4 N–H and O–H groups in total. The van der Waals surface area contributed by atoms with Crippen molar-refractivity contribution in [1.82, 2.24) is 0 Å². The summed E-state index contributed by atoms with van der Waals surface area (Å²) in [4.78, 5) is 19.5. The van der Waals surface area contributed by atoms with Crippen molar-refractivity contribution in [3.8, 4) is 5.75 Å². The van der Waals surface area contributed by atoms with Crippen LogP contribution in [0.1, 0.15) is 6.42 Å². The average Bonchev–Trinajstić information content (AvgIpc) is 3.12. The first kappa shape index (κ1) is 19.8. The summed E-state index contributed by atoms with van der Waals surface area (Å²) in [6, 6.07) is 7.20. The first-order valence-corrected chi connectivity index (χ1v) is 7.75. The molecule has 0 amide bonds. The highest BCUT2D eigenvalue weighted by molar-refractivity contribution is 5.58. The summed E-state index contributed by atoms with van der Waals surface area (Å²) in [7, 11) is 0. The zero-order valence-corrected chi connectivity index (χ0v) is 14.0. The Kier molecular flexibility index (Phi) is 6.44. The van der Waals surface area contributed by atoms with Crippen LogP contribution in [0, 0.1) is 26.0 Å². The van der Waals surface area contributed by atoms with E-state index in [0.29, 0.717) is 19.0 Å². The maximum atomic E-state index is 12.4. The minimum atomic E-state index is -0.643. The van der Waals surface area contributed by atoms with Gasteiger partial charge in [0, 0.05) is 30.7 Å². The van der Waals surface area contributed by atoms with Gasteiger partial charge in [0.05, 0.1) is 34.4 Å². The Morgan fingerprint density at radius 2 is 1.63 bits per heavy atom. The van der Waals surface area contributed by atoms with Crippen molar-refractivity contribution in [1.29, 1.82) is 0 Å². The summed E-state index contributed by atoms with van der Waals surface area (Å²) in [5.74, 6) is -0.170. The molecule has 0 saturated carbocycles. The maximum absolute atomic E-state index is 12.4. The third-order valence-electron chi connectivity index (χ3n) is 3.58. The number of nitro groups is 2. The molecule has 11 heteroatoms. The lowest BCUT2D eigenvalue weighted by atomic mass is 10.2. The van der Waals surface area contributed by atoms with Crippen LogP contribution in [0.5, 0.6) is 5.75 Å². The van der Waals surface area contributed by atoms with Gasteiger partial charge in [0.1, 0.15) is 17.7 Å². The summed E-state index contributed by atoms with van der Waals surface area (Å²) < 4.78 is 23.1. The molecule has 144 valence electrons. The summed E-state index contributed by atoms with van der Waals surface area (Å²) in [6.07, 6.45) is 0.805. The first-order valence-electron chi connectivity index (χ1n) is 7.75.